The van der Waals surface area contributed by atoms with E-state index in [1.165, 1.54) is 6.20 Å². The molecular formula is C12H18ClN3O2. The quantitative estimate of drug-likeness (QED) is 0.831. The number of aliphatic hydroxyl groups is 1. The summed E-state index contributed by atoms with van der Waals surface area (Å²) in [4.78, 5) is 17.5. The SMILES string of the molecule is CN(C)CC(C)(O)CNC(=O)c1ccc(Cl)cn1. The van der Waals surface area contributed by atoms with Gasteiger partial charge in [-0.2, -0.15) is 0 Å². The standard InChI is InChI=1S/C12H18ClN3O2/c1-12(18,8-16(2)3)7-15-11(17)10-5-4-9(13)6-14-10/h4-6,18H,7-8H2,1-3H3,(H,15,17). The van der Waals surface area contributed by atoms with Crippen molar-refractivity contribution in [1.82, 2.24) is 15.2 Å². The summed E-state index contributed by atoms with van der Waals surface area (Å²) in [7, 11) is 3.72. The van der Waals surface area contributed by atoms with Gasteiger partial charge in [0.05, 0.1) is 10.6 Å². The first-order chi connectivity index (χ1) is 8.30. The van der Waals surface area contributed by atoms with Crippen molar-refractivity contribution in [2.45, 2.75) is 12.5 Å². The van der Waals surface area contributed by atoms with E-state index in [1.54, 1.807) is 19.1 Å². The largest absolute Gasteiger partial charge is 0.387 e. The van der Waals surface area contributed by atoms with Gasteiger partial charge in [-0.3, -0.25) is 4.79 Å². The number of nitrogens with one attached hydrogen (secondary N) is 1. The second-order valence-electron chi connectivity index (χ2n) is 4.78. The molecule has 1 aromatic heterocycles. The summed E-state index contributed by atoms with van der Waals surface area (Å²) in [6, 6.07) is 3.14. The van der Waals surface area contributed by atoms with Crippen molar-refractivity contribution in [1.29, 1.82) is 0 Å². The molecule has 2 N–H and O–H groups in total. The Labute approximate surface area is 112 Å². The lowest BCUT2D eigenvalue weighted by Crippen LogP contribution is -2.47. The van der Waals surface area contributed by atoms with Crippen LogP contribution in [0.3, 0.4) is 0 Å². The number of nitrogens with zero attached hydrogens (tertiary/aromatic N) is 2. The van der Waals surface area contributed by atoms with Gasteiger partial charge in [0.2, 0.25) is 0 Å². The number of halogens is 1. The van der Waals surface area contributed by atoms with Crippen LogP contribution < -0.4 is 5.32 Å². The van der Waals surface area contributed by atoms with Crippen LogP contribution in [0.2, 0.25) is 5.02 Å². The Balaban J connectivity index is 2.53. The smallest absolute Gasteiger partial charge is 0.269 e. The van der Waals surface area contributed by atoms with Crippen LogP contribution in [0.5, 0.6) is 0 Å². The summed E-state index contributed by atoms with van der Waals surface area (Å²) in [6.07, 6.45) is 1.41. The lowest BCUT2D eigenvalue weighted by Gasteiger charge is -2.26. The minimum Gasteiger partial charge on any atom is -0.387 e. The van der Waals surface area contributed by atoms with Crippen molar-refractivity contribution in [2.75, 3.05) is 27.2 Å². The maximum atomic E-state index is 11.7. The number of pyridine rings is 1. The van der Waals surface area contributed by atoms with E-state index in [0.29, 0.717) is 11.6 Å². The molecule has 0 spiro atoms. The molecule has 1 unspecified atom stereocenters. The number of likely N-dealkylation sites (N-methyl/N-ethyl adjacent to an activating group) is 1. The van der Waals surface area contributed by atoms with Crippen molar-refractivity contribution in [3.05, 3.63) is 29.0 Å². The Morgan fingerprint density at radius 1 is 1.56 bits per heavy atom. The molecular weight excluding hydrogens is 254 g/mol. The Bertz CT molecular complexity index is 404. The van der Waals surface area contributed by atoms with Gasteiger partial charge >= 0.3 is 0 Å². The van der Waals surface area contributed by atoms with Gasteiger partial charge in [-0.15, -0.1) is 0 Å². The molecule has 0 fully saturated rings. The van der Waals surface area contributed by atoms with Gasteiger partial charge < -0.3 is 15.3 Å². The average Bonchev–Trinajstić information content (AvgIpc) is 2.25. The number of hydrogen-bond donors (Lipinski definition) is 2. The summed E-state index contributed by atoms with van der Waals surface area (Å²) >= 11 is 5.68. The number of hydrogen-bond acceptors (Lipinski definition) is 4. The first-order valence-corrected chi connectivity index (χ1v) is 5.95. The first-order valence-electron chi connectivity index (χ1n) is 5.57. The maximum absolute atomic E-state index is 11.7. The lowest BCUT2D eigenvalue weighted by molar-refractivity contribution is 0.0325. The fourth-order valence-electron chi connectivity index (χ4n) is 1.61. The highest BCUT2D eigenvalue weighted by molar-refractivity contribution is 6.30. The van der Waals surface area contributed by atoms with E-state index in [1.807, 2.05) is 19.0 Å². The highest BCUT2D eigenvalue weighted by atomic mass is 35.5. The molecule has 1 rings (SSSR count). The van der Waals surface area contributed by atoms with E-state index in [9.17, 15) is 9.90 Å². The molecule has 1 aromatic rings. The van der Waals surface area contributed by atoms with Gasteiger partial charge in [0.15, 0.2) is 0 Å². The Morgan fingerprint density at radius 3 is 2.72 bits per heavy atom. The minimum atomic E-state index is -0.981. The molecule has 0 saturated carbocycles. The zero-order chi connectivity index (χ0) is 13.8. The predicted molar refractivity (Wildman–Crippen MR) is 70.8 cm³/mol. The second kappa shape index (κ2) is 6.13. The van der Waals surface area contributed by atoms with Gasteiger partial charge in [-0.25, -0.2) is 4.98 Å². The Morgan fingerprint density at radius 2 is 2.22 bits per heavy atom. The monoisotopic (exact) mass is 271 g/mol. The van der Waals surface area contributed by atoms with E-state index in [2.05, 4.69) is 10.3 Å². The molecule has 100 valence electrons. The number of amides is 1. The summed E-state index contributed by atoms with van der Waals surface area (Å²) < 4.78 is 0. The molecule has 0 radical (unpaired) electrons. The number of carbonyl (C=O) groups is 1. The van der Waals surface area contributed by atoms with Crippen LogP contribution in [0.15, 0.2) is 18.3 Å². The zero-order valence-electron chi connectivity index (χ0n) is 10.8. The summed E-state index contributed by atoms with van der Waals surface area (Å²) in [5.41, 5.74) is -0.703. The van der Waals surface area contributed by atoms with Gasteiger partial charge in [-0.1, -0.05) is 11.6 Å². The van der Waals surface area contributed by atoms with E-state index in [4.69, 9.17) is 11.6 Å². The molecule has 0 aliphatic heterocycles. The molecule has 6 heteroatoms. The number of carbonyl (C=O) groups excluding carboxylic acids is 1. The lowest BCUT2D eigenvalue weighted by atomic mass is 10.1. The fourth-order valence-corrected chi connectivity index (χ4v) is 1.72. The highest BCUT2D eigenvalue weighted by Crippen LogP contribution is 2.07. The summed E-state index contributed by atoms with van der Waals surface area (Å²) in [5.74, 6) is -0.328. The molecule has 0 aromatic carbocycles. The molecule has 0 aliphatic carbocycles. The van der Waals surface area contributed by atoms with Crippen LogP contribution in [-0.2, 0) is 0 Å². The predicted octanol–water partition coefficient (Wildman–Crippen LogP) is 0.777. The van der Waals surface area contributed by atoms with Crippen molar-refractivity contribution in [3.63, 3.8) is 0 Å². The first kappa shape index (κ1) is 14.9. The van der Waals surface area contributed by atoms with E-state index in [0.717, 1.165) is 0 Å². The molecule has 18 heavy (non-hydrogen) atoms. The van der Waals surface area contributed by atoms with Crippen LogP contribution in [0.4, 0.5) is 0 Å². The second-order valence-corrected chi connectivity index (χ2v) is 5.22. The van der Waals surface area contributed by atoms with Gasteiger partial charge in [0.1, 0.15) is 5.69 Å². The van der Waals surface area contributed by atoms with Crippen LogP contribution >= 0.6 is 11.6 Å². The number of aromatic nitrogens is 1. The Hall–Kier alpha value is -1.17. The molecule has 0 bridgehead atoms. The van der Waals surface area contributed by atoms with Crippen LogP contribution in [0, 0.1) is 0 Å². The molecule has 1 atom stereocenters. The van der Waals surface area contributed by atoms with Gasteiger partial charge in [-0.05, 0) is 33.2 Å². The van der Waals surface area contributed by atoms with Crippen LogP contribution in [0.1, 0.15) is 17.4 Å². The maximum Gasteiger partial charge on any atom is 0.269 e. The van der Waals surface area contributed by atoms with E-state index >= 15 is 0 Å². The molecule has 0 saturated heterocycles. The topological polar surface area (TPSA) is 65.5 Å². The van der Waals surface area contributed by atoms with E-state index in [-0.39, 0.29) is 18.1 Å². The highest BCUT2D eigenvalue weighted by Gasteiger charge is 2.22. The minimum absolute atomic E-state index is 0.161. The van der Waals surface area contributed by atoms with Gasteiger partial charge in [0, 0.05) is 19.3 Å². The van der Waals surface area contributed by atoms with Crippen molar-refractivity contribution in [3.8, 4) is 0 Å². The Kier molecular flexibility index (Phi) is 5.07. The fraction of sp³-hybridized carbons (Fsp3) is 0.500. The average molecular weight is 272 g/mol. The zero-order valence-corrected chi connectivity index (χ0v) is 11.5. The van der Waals surface area contributed by atoms with Crippen molar-refractivity contribution < 1.29 is 9.90 Å². The third-order valence-electron chi connectivity index (χ3n) is 2.25. The summed E-state index contributed by atoms with van der Waals surface area (Å²) in [6.45, 7) is 2.29. The molecule has 0 aliphatic rings. The van der Waals surface area contributed by atoms with Crippen molar-refractivity contribution in [2.24, 2.45) is 0 Å². The van der Waals surface area contributed by atoms with Crippen LogP contribution in [0.25, 0.3) is 0 Å². The third-order valence-corrected chi connectivity index (χ3v) is 2.47. The third kappa shape index (κ3) is 5.00. The normalized spacial score (nSPS) is 14.3. The van der Waals surface area contributed by atoms with Crippen molar-refractivity contribution >= 4 is 17.5 Å². The molecule has 1 amide bonds. The molecule has 1 heterocycles. The van der Waals surface area contributed by atoms with E-state index < -0.39 is 5.60 Å². The summed E-state index contributed by atoms with van der Waals surface area (Å²) in [5, 5.41) is 13.1. The van der Waals surface area contributed by atoms with Crippen LogP contribution in [-0.4, -0.2) is 53.7 Å². The number of rotatable bonds is 5. The van der Waals surface area contributed by atoms with Gasteiger partial charge in [0.25, 0.3) is 5.91 Å². The molecule has 5 nitrogen and oxygen atoms in total.